The van der Waals surface area contributed by atoms with Crippen molar-refractivity contribution >= 4 is 22.7 Å². The largest absolute Gasteiger partial charge is 0.367 e. The minimum absolute atomic E-state index is 0. The van der Waals surface area contributed by atoms with Gasteiger partial charge in [0, 0.05) is 56.9 Å². The van der Waals surface area contributed by atoms with Crippen LogP contribution in [0.25, 0.3) is 5.69 Å². The van der Waals surface area contributed by atoms with Gasteiger partial charge in [0.25, 0.3) is 5.56 Å². The number of halogens is 1. The summed E-state index contributed by atoms with van der Waals surface area (Å²) in [5.41, 5.74) is 2.50. The van der Waals surface area contributed by atoms with Gasteiger partial charge in [0.15, 0.2) is 0 Å². The summed E-state index contributed by atoms with van der Waals surface area (Å²) in [6.07, 6.45) is 6.41. The molecular formula is C22H28BrN5O2. The Labute approximate surface area is 186 Å². The summed E-state index contributed by atoms with van der Waals surface area (Å²) in [6.45, 7) is 6.92. The number of hydrogen-bond acceptors (Lipinski definition) is 4. The first-order valence-electron chi connectivity index (χ1n) is 10.1. The van der Waals surface area contributed by atoms with Crippen molar-refractivity contribution in [3.63, 3.8) is 0 Å². The van der Waals surface area contributed by atoms with E-state index in [9.17, 15) is 9.59 Å². The SMILES string of the molecule is Br.Cc1c[nH]c(=O)n(CCCN2CCN(c3ccccc3-n3cccc3)CC2)c1=O. The van der Waals surface area contributed by atoms with Crippen LogP contribution in [0.3, 0.4) is 0 Å². The number of nitrogens with one attached hydrogen (secondary N) is 1. The van der Waals surface area contributed by atoms with Gasteiger partial charge in [0.05, 0.1) is 11.4 Å². The molecule has 7 nitrogen and oxygen atoms in total. The molecule has 1 aliphatic rings. The third kappa shape index (κ3) is 4.76. The van der Waals surface area contributed by atoms with Crippen LogP contribution in [0, 0.1) is 6.92 Å². The van der Waals surface area contributed by atoms with Crippen LogP contribution in [0.4, 0.5) is 5.69 Å². The molecule has 1 fully saturated rings. The molecule has 0 amide bonds. The van der Waals surface area contributed by atoms with Crippen molar-refractivity contribution in [1.29, 1.82) is 0 Å². The summed E-state index contributed by atoms with van der Waals surface area (Å²) in [5.74, 6) is 0. The van der Waals surface area contributed by atoms with Gasteiger partial charge in [-0.25, -0.2) is 4.79 Å². The normalized spacial score (nSPS) is 14.5. The monoisotopic (exact) mass is 473 g/mol. The van der Waals surface area contributed by atoms with Crippen LogP contribution in [0.2, 0.25) is 0 Å². The minimum atomic E-state index is -0.327. The van der Waals surface area contributed by atoms with Crippen molar-refractivity contribution < 1.29 is 0 Å². The zero-order chi connectivity index (χ0) is 20.2. The topological polar surface area (TPSA) is 66.3 Å². The van der Waals surface area contributed by atoms with E-state index < -0.39 is 0 Å². The summed E-state index contributed by atoms with van der Waals surface area (Å²) in [7, 11) is 0. The standard InChI is InChI=1S/C22H27N5O2.BrH/c1-18-17-23-22(29)27(21(18)28)12-6-9-24-13-15-26(16-14-24)20-8-3-2-7-19(20)25-10-4-5-11-25;/h2-5,7-8,10-11,17H,6,9,12-16H2,1H3,(H,23,29);1H. The third-order valence-corrected chi connectivity index (χ3v) is 5.57. The van der Waals surface area contributed by atoms with E-state index in [2.05, 4.69) is 56.0 Å². The van der Waals surface area contributed by atoms with Crippen LogP contribution >= 0.6 is 17.0 Å². The lowest BCUT2D eigenvalue weighted by molar-refractivity contribution is 0.249. The lowest BCUT2D eigenvalue weighted by Gasteiger charge is -2.37. The highest BCUT2D eigenvalue weighted by Gasteiger charge is 2.19. The number of piperazine rings is 1. The number of anilines is 1. The Balaban J connectivity index is 0.00000256. The molecule has 0 atom stereocenters. The van der Waals surface area contributed by atoms with Crippen molar-refractivity contribution in [2.24, 2.45) is 0 Å². The fourth-order valence-corrected chi connectivity index (χ4v) is 3.93. The Morgan fingerprint density at radius 1 is 0.900 bits per heavy atom. The molecule has 30 heavy (non-hydrogen) atoms. The maximum atomic E-state index is 12.1. The van der Waals surface area contributed by atoms with Gasteiger partial charge in [-0.3, -0.25) is 14.3 Å². The molecule has 1 aliphatic heterocycles. The Bertz CT molecular complexity index is 1070. The number of H-pyrrole nitrogens is 1. The van der Waals surface area contributed by atoms with Gasteiger partial charge in [-0.15, -0.1) is 17.0 Å². The van der Waals surface area contributed by atoms with E-state index in [1.165, 1.54) is 22.1 Å². The second-order valence-corrected chi connectivity index (χ2v) is 7.49. The number of hydrogen-bond donors (Lipinski definition) is 1. The number of benzene rings is 1. The van der Waals surface area contributed by atoms with E-state index in [4.69, 9.17) is 0 Å². The van der Waals surface area contributed by atoms with E-state index in [0.29, 0.717) is 12.1 Å². The minimum Gasteiger partial charge on any atom is -0.367 e. The first kappa shape index (κ1) is 22.1. The van der Waals surface area contributed by atoms with Gasteiger partial charge < -0.3 is 14.5 Å². The maximum absolute atomic E-state index is 12.1. The van der Waals surface area contributed by atoms with Gasteiger partial charge in [-0.1, -0.05) is 12.1 Å². The Morgan fingerprint density at radius 3 is 2.27 bits per heavy atom. The summed E-state index contributed by atoms with van der Waals surface area (Å²) in [6, 6.07) is 12.6. The predicted molar refractivity (Wildman–Crippen MR) is 125 cm³/mol. The molecule has 3 heterocycles. The van der Waals surface area contributed by atoms with Crippen LogP contribution in [-0.2, 0) is 6.54 Å². The fraction of sp³-hybridized carbons (Fsp3) is 0.364. The van der Waals surface area contributed by atoms with E-state index in [-0.39, 0.29) is 28.2 Å². The van der Waals surface area contributed by atoms with E-state index >= 15 is 0 Å². The number of aromatic nitrogens is 3. The van der Waals surface area contributed by atoms with Gasteiger partial charge in [0.2, 0.25) is 0 Å². The molecule has 0 spiro atoms. The first-order chi connectivity index (χ1) is 14.1. The Morgan fingerprint density at radius 2 is 1.57 bits per heavy atom. The zero-order valence-corrected chi connectivity index (χ0v) is 18.9. The molecule has 2 aromatic heterocycles. The molecule has 0 saturated carbocycles. The smallest absolute Gasteiger partial charge is 0.328 e. The fourth-order valence-electron chi connectivity index (χ4n) is 3.93. The molecule has 1 saturated heterocycles. The van der Waals surface area contributed by atoms with Gasteiger partial charge in [-0.2, -0.15) is 0 Å². The average molecular weight is 474 g/mol. The third-order valence-electron chi connectivity index (χ3n) is 5.57. The molecule has 3 aromatic rings. The van der Waals surface area contributed by atoms with Crippen molar-refractivity contribution in [2.75, 3.05) is 37.6 Å². The predicted octanol–water partition coefficient (Wildman–Crippen LogP) is 2.43. The maximum Gasteiger partial charge on any atom is 0.328 e. The summed E-state index contributed by atoms with van der Waals surface area (Å²) >= 11 is 0. The van der Waals surface area contributed by atoms with Crippen molar-refractivity contribution in [3.8, 4) is 5.69 Å². The van der Waals surface area contributed by atoms with Gasteiger partial charge >= 0.3 is 5.69 Å². The van der Waals surface area contributed by atoms with Crippen molar-refractivity contribution in [1.82, 2.24) is 19.0 Å². The van der Waals surface area contributed by atoms with Crippen LogP contribution in [0.1, 0.15) is 12.0 Å². The second kappa shape index (κ2) is 9.95. The molecule has 8 heteroatoms. The highest BCUT2D eigenvalue weighted by molar-refractivity contribution is 8.93. The number of aryl methyl sites for hydroxylation is 1. The highest BCUT2D eigenvalue weighted by atomic mass is 79.9. The van der Waals surface area contributed by atoms with Crippen molar-refractivity contribution in [3.05, 3.63) is 81.4 Å². The highest BCUT2D eigenvalue weighted by Crippen LogP contribution is 2.25. The number of nitrogens with zero attached hydrogens (tertiary/aromatic N) is 4. The quantitative estimate of drug-likeness (QED) is 0.596. The van der Waals surface area contributed by atoms with Gasteiger partial charge in [-0.05, 0) is 44.2 Å². The van der Waals surface area contributed by atoms with Gasteiger partial charge in [0.1, 0.15) is 0 Å². The number of para-hydroxylation sites is 2. The molecule has 160 valence electrons. The number of rotatable bonds is 6. The molecular weight excluding hydrogens is 446 g/mol. The lowest BCUT2D eigenvalue weighted by Crippen LogP contribution is -2.47. The number of aromatic amines is 1. The second-order valence-electron chi connectivity index (χ2n) is 7.49. The van der Waals surface area contributed by atoms with Crippen LogP contribution < -0.4 is 16.1 Å². The van der Waals surface area contributed by atoms with E-state index in [0.717, 1.165) is 39.1 Å². The molecule has 0 bridgehead atoms. The Hall–Kier alpha value is -2.58. The summed E-state index contributed by atoms with van der Waals surface area (Å²) in [4.78, 5) is 31.5. The molecule has 0 unspecified atom stereocenters. The van der Waals surface area contributed by atoms with Crippen LogP contribution in [-0.4, -0.2) is 51.7 Å². The molecule has 1 aromatic carbocycles. The zero-order valence-electron chi connectivity index (χ0n) is 17.2. The molecule has 0 radical (unpaired) electrons. The summed E-state index contributed by atoms with van der Waals surface area (Å²) in [5, 5.41) is 0. The molecule has 1 N–H and O–H groups in total. The summed E-state index contributed by atoms with van der Waals surface area (Å²) < 4.78 is 3.46. The molecule has 0 aliphatic carbocycles. The van der Waals surface area contributed by atoms with E-state index in [1.54, 1.807) is 6.92 Å². The Kier molecular flexibility index (Phi) is 7.33. The molecule has 4 rings (SSSR count). The van der Waals surface area contributed by atoms with E-state index in [1.807, 2.05) is 12.1 Å². The van der Waals surface area contributed by atoms with Crippen LogP contribution in [0.15, 0.2) is 64.6 Å². The van der Waals surface area contributed by atoms with Crippen molar-refractivity contribution in [2.45, 2.75) is 19.9 Å². The van der Waals surface area contributed by atoms with Crippen LogP contribution in [0.5, 0.6) is 0 Å². The lowest BCUT2D eigenvalue weighted by atomic mass is 10.2. The average Bonchev–Trinajstić information content (AvgIpc) is 3.29. The first-order valence-corrected chi connectivity index (χ1v) is 10.1.